The first-order valence-corrected chi connectivity index (χ1v) is 7.91. The Labute approximate surface area is 131 Å². The molecule has 0 saturated heterocycles. The summed E-state index contributed by atoms with van der Waals surface area (Å²) in [6.45, 7) is 0. The van der Waals surface area contributed by atoms with Gasteiger partial charge in [0.05, 0.1) is 0 Å². The maximum atomic E-state index is 12.9. The average Bonchev–Trinajstić information content (AvgIpc) is 3.00. The van der Waals surface area contributed by atoms with Gasteiger partial charge in [-0.15, -0.1) is 0 Å². The monoisotopic (exact) mass is 292 g/mol. The summed E-state index contributed by atoms with van der Waals surface area (Å²) in [7, 11) is 0. The van der Waals surface area contributed by atoms with E-state index in [1.165, 1.54) is 0 Å². The number of hydrogen-bond acceptors (Lipinski definition) is 2. The molecule has 112 valence electrons. The Hall–Kier alpha value is -2.22. The van der Waals surface area contributed by atoms with Crippen LogP contribution in [0.1, 0.15) is 35.2 Å². The Morgan fingerprint density at radius 1 is 1.00 bits per heavy atom. The topological polar surface area (TPSA) is 34.1 Å². The number of carbonyl (C=O) groups excluding carboxylic acids is 2. The van der Waals surface area contributed by atoms with Gasteiger partial charge < -0.3 is 0 Å². The summed E-state index contributed by atoms with van der Waals surface area (Å²) in [6, 6.07) is 19.4. The number of carbonyl (C=O) groups is 2. The lowest BCUT2D eigenvalue weighted by Crippen LogP contribution is -2.29. The minimum Gasteiger partial charge on any atom is -0.299 e. The molecule has 0 amide bonds. The van der Waals surface area contributed by atoms with E-state index in [4.69, 9.17) is 0 Å². The van der Waals surface area contributed by atoms with Crippen molar-refractivity contribution >= 4 is 11.6 Å². The van der Waals surface area contributed by atoms with E-state index in [9.17, 15) is 9.59 Å². The molecule has 3 rings (SSSR count). The lowest BCUT2D eigenvalue weighted by atomic mass is 9.80. The van der Waals surface area contributed by atoms with Crippen molar-refractivity contribution in [2.45, 2.75) is 25.7 Å². The van der Waals surface area contributed by atoms with Crippen LogP contribution in [0.25, 0.3) is 0 Å². The molecule has 0 radical (unpaired) electrons. The van der Waals surface area contributed by atoms with Crippen LogP contribution in [0.3, 0.4) is 0 Å². The molecular weight excluding hydrogens is 272 g/mol. The first-order valence-electron chi connectivity index (χ1n) is 7.91. The zero-order valence-corrected chi connectivity index (χ0v) is 12.6. The normalized spacial score (nSPS) is 19.1. The van der Waals surface area contributed by atoms with E-state index in [2.05, 4.69) is 0 Å². The van der Waals surface area contributed by atoms with Gasteiger partial charge >= 0.3 is 0 Å². The van der Waals surface area contributed by atoms with Gasteiger partial charge in [-0.25, -0.2) is 0 Å². The van der Waals surface area contributed by atoms with E-state index >= 15 is 0 Å². The lowest BCUT2D eigenvalue weighted by Gasteiger charge is -2.21. The SMILES string of the molecule is O=C1CCCC1C(Cc1ccccc1)C(=O)c1ccccc1. The van der Waals surface area contributed by atoms with Gasteiger partial charge in [0.2, 0.25) is 0 Å². The largest absolute Gasteiger partial charge is 0.299 e. The van der Waals surface area contributed by atoms with E-state index in [-0.39, 0.29) is 23.4 Å². The minimum absolute atomic E-state index is 0.102. The summed E-state index contributed by atoms with van der Waals surface area (Å²) in [5.41, 5.74) is 1.83. The van der Waals surface area contributed by atoms with Crippen LogP contribution in [0.2, 0.25) is 0 Å². The van der Waals surface area contributed by atoms with Crippen LogP contribution in [0.4, 0.5) is 0 Å². The van der Waals surface area contributed by atoms with E-state index in [1.54, 1.807) is 0 Å². The van der Waals surface area contributed by atoms with Gasteiger partial charge in [0.15, 0.2) is 5.78 Å². The number of benzene rings is 2. The number of Topliss-reactive ketones (excluding diaryl/α,β-unsaturated/α-hetero) is 2. The number of hydrogen-bond donors (Lipinski definition) is 0. The molecule has 2 aromatic rings. The Morgan fingerprint density at radius 2 is 1.64 bits per heavy atom. The smallest absolute Gasteiger partial charge is 0.166 e. The highest BCUT2D eigenvalue weighted by molar-refractivity contribution is 6.01. The van der Waals surface area contributed by atoms with E-state index in [1.807, 2.05) is 60.7 Å². The first-order chi connectivity index (χ1) is 10.8. The molecule has 0 aromatic heterocycles. The Kier molecular flexibility index (Phi) is 4.47. The molecule has 22 heavy (non-hydrogen) atoms. The summed E-state index contributed by atoms with van der Waals surface area (Å²) in [6.07, 6.45) is 3.02. The summed E-state index contributed by atoms with van der Waals surface area (Å²) in [5.74, 6) is 0.00243. The highest BCUT2D eigenvalue weighted by atomic mass is 16.1. The molecule has 1 fully saturated rings. The maximum Gasteiger partial charge on any atom is 0.166 e. The lowest BCUT2D eigenvalue weighted by molar-refractivity contribution is -0.121. The number of rotatable bonds is 5. The Balaban J connectivity index is 1.89. The molecule has 2 nitrogen and oxygen atoms in total. The zero-order valence-electron chi connectivity index (χ0n) is 12.6. The third-order valence-corrected chi connectivity index (χ3v) is 4.53. The Bertz CT molecular complexity index is 646. The van der Waals surface area contributed by atoms with Crippen molar-refractivity contribution in [3.63, 3.8) is 0 Å². The highest BCUT2D eigenvalue weighted by Gasteiger charge is 2.36. The summed E-state index contributed by atoms with van der Waals surface area (Å²) >= 11 is 0. The fraction of sp³-hybridized carbons (Fsp3) is 0.300. The van der Waals surface area contributed by atoms with E-state index in [0.717, 1.165) is 18.4 Å². The van der Waals surface area contributed by atoms with Crippen LogP contribution in [0.15, 0.2) is 60.7 Å². The van der Waals surface area contributed by atoms with Crippen molar-refractivity contribution in [3.8, 4) is 0 Å². The minimum atomic E-state index is -0.236. The van der Waals surface area contributed by atoms with Crippen molar-refractivity contribution in [1.29, 1.82) is 0 Å². The molecule has 1 aliphatic rings. The average molecular weight is 292 g/mol. The Morgan fingerprint density at radius 3 is 2.23 bits per heavy atom. The molecule has 0 heterocycles. The molecule has 0 bridgehead atoms. The van der Waals surface area contributed by atoms with E-state index in [0.29, 0.717) is 18.4 Å². The molecule has 0 aliphatic heterocycles. The van der Waals surface area contributed by atoms with Crippen LogP contribution >= 0.6 is 0 Å². The van der Waals surface area contributed by atoms with Gasteiger partial charge in [-0.05, 0) is 24.8 Å². The van der Waals surface area contributed by atoms with Crippen molar-refractivity contribution < 1.29 is 9.59 Å². The van der Waals surface area contributed by atoms with Gasteiger partial charge in [-0.3, -0.25) is 9.59 Å². The molecule has 2 unspecified atom stereocenters. The van der Waals surface area contributed by atoms with Crippen molar-refractivity contribution in [2.24, 2.45) is 11.8 Å². The third-order valence-electron chi connectivity index (χ3n) is 4.53. The van der Waals surface area contributed by atoms with E-state index < -0.39 is 0 Å². The summed E-state index contributed by atoms with van der Waals surface area (Å²) in [4.78, 5) is 25.1. The highest BCUT2D eigenvalue weighted by Crippen LogP contribution is 2.32. The van der Waals surface area contributed by atoms with Gasteiger partial charge in [0, 0.05) is 23.8 Å². The molecule has 0 spiro atoms. The predicted octanol–water partition coefficient (Wildman–Crippen LogP) is 4.10. The molecule has 1 saturated carbocycles. The van der Waals surface area contributed by atoms with Crippen molar-refractivity contribution in [1.82, 2.24) is 0 Å². The summed E-state index contributed by atoms with van der Waals surface area (Å²) in [5, 5.41) is 0. The van der Waals surface area contributed by atoms with Gasteiger partial charge in [-0.1, -0.05) is 60.7 Å². The molecule has 2 heteroatoms. The summed E-state index contributed by atoms with van der Waals surface area (Å²) < 4.78 is 0. The molecule has 2 aromatic carbocycles. The molecule has 1 aliphatic carbocycles. The second kappa shape index (κ2) is 6.69. The van der Waals surface area contributed by atoms with Crippen LogP contribution < -0.4 is 0 Å². The second-order valence-corrected chi connectivity index (χ2v) is 5.99. The number of ketones is 2. The zero-order chi connectivity index (χ0) is 15.4. The van der Waals surface area contributed by atoms with Crippen molar-refractivity contribution in [2.75, 3.05) is 0 Å². The van der Waals surface area contributed by atoms with Crippen LogP contribution in [0.5, 0.6) is 0 Å². The second-order valence-electron chi connectivity index (χ2n) is 5.99. The standard InChI is InChI=1S/C20H20O2/c21-19-13-7-12-17(19)18(14-15-8-3-1-4-9-15)20(22)16-10-5-2-6-11-16/h1-6,8-11,17-18H,7,12-14H2. The third kappa shape index (κ3) is 3.16. The van der Waals surface area contributed by atoms with Gasteiger partial charge in [0.25, 0.3) is 0 Å². The predicted molar refractivity (Wildman–Crippen MR) is 86.8 cm³/mol. The van der Waals surface area contributed by atoms with Crippen LogP contribution in [-0.2, 0) is 11.2 Å². The molecule has 0 N–H and O–H groups in total. The van der Waals surface area contributed by atoms with Crippen LogP contribution in [-0.4, -0.2) is 11.6 Å². The maximum absolute atomic E-state index is 12.9. The quantitative estimate of drug-likeness (QED) is 0.778. The fourth-order valence-electron chi connectivity index (χ4n) is 3.37. The van der Waals surface area contributed by atoms with Crippen molar-refractivity contribution in [3.05, 3.63) is 71.8 Å². The van der Waals surface area contributed by atoms with Gasteiger partial charge in [0.1, 0.15) is 5.78 Å². The van der Waals surface area contributed by atoms with Gasteiger partial charge in [-0.2, -0.15) is 0 Å². The first kappa shape index (κ1) is 14.7. The van der Waals surface area contributed by atoms with Crippen LogP contribution in [0, 0.1) is 11.8 Å². The fourth-order valence-corrected chi connectivity index (χ4v) is 3.37. The molecule has 2 atom stereocenters. The molecular formula is C20H20O2.